The van der Waals surface area contributed by atoms with E-state index < -0.39 is 0 Å². The van der Waals surface area contributed by atoms with Crippen LogP contribution in [-0.2, 0) is 37.9 Å². The van der Waals surface area contributed by atoms with Crippen LogP contribution in [0.25, 0.3) is 0 Å². The highest BCUT2D eigenvalue weighted by Crippen LogP contribution is 2.20. The molecular formula is C19H34N6O8. The van der Waals surface area contributed by atoms with Crippen LogP contribution in [0.2, 0.25) is 0 Å². The van der Waals surface area contributed by atoms with Gasteiger partial charge in [0.1, 0.15) is 52.6 Å². The molecule has 2 aliphatic heterocycles. The van der Waals surface area contributed by atoms with Crippen LogP contribution in [0.15, 0.2) is 0 Å². The van der Waals surface area contributed by atoms with E-state index in [0.717, 1.165) is 0 Å². The van der Waals surface area contributed by atoms with E-state index in [2.05, 4.69) is 15.0 Å². The Balaban J connectivity index is 1.84. The second-order valence-electron chi connectivity index (χ2n) is 7.44. The van der Waals surface area contributed by atoms with E-state index in [-0.39, 0.29) is 52.6 Å². The van der Waals surface area contributed by atoms with Crippen molar-refractivity contribution in [1.29, 1.82) is 0 Å². The summed E-state index contributed by atoms with van der Waals surface area (Å²) < 4.78 is 43.2. The smallest absolute Gasteiger partial charge is 0.235 e. The second-order valence-corrected chi connectivity index (χ2v) is 7.44. The number of methoxy groups -OCH3 is 4. The number of rotatable bonds is 19. The summed E-state index contributed by atoms with van der Waals surface area (Å²) in [5.74, 6) is 1.08. The van der Waals surface area contributed by atoms with Gasteiger partial charge in [0.05, 0.1) is 26.4 Å². The molecule has 0 bridgehead atoms. The van der Waals surface area contributed by atoms with Gasteiger partial charge >= 0.3 is 0 Å². The van der Waals surface area contributed by atoms with Gasteiger partial charge in [-0.05, 0) is 0 Å². The molecule has 0 N–H and O–H groups in total. The minimum atomic E-state index is 0.141. The van der Waals surface area contributed by atoms with Gasteiger partial charge in [0.25, 0.3) is 0 Å². The molecule has 1 aromatic rings. The van der Waals surface area contributed by atoms with E-state index in [1.807, 2.05) is 0 Å². The monoisotopic (exact) mass is 474 g/mol. The number of aromatic nitrogens is 3. The van der Waals surface area contributed by atoms with E-state index in [9.17, 15) is 0 Å². The first-order valence-electron chi connectivity index (χ1n) is 10.5. The van der Waals surface area contributed by atoms with Gasteiger partial charge in [-0.3, -0.25) is 14.7 Å². The van der Waals surface area contributed by atoms with Gasteiger partial charge in [0, 0.05) is 28.4 Å². The lowest BCUT2D eigenvalue weighted by Crippen LogP contribution is -2.36. The molecule has 2 unspecified atom stereocenters. The van der Waals surface area contributed by atoms with Crippen LogP contribution in [0, 0.1) is 0 Å². The lowest BCUT2D eigenvalue weighted by Gasteiger charge is -2.27. The molecule has 0 aliphatic carbocycles. The zero-order chi connectivity index (χ0) is 23.5. The molecule has 0 radical (unpaired) electrons. The van der Waals surface area contributed by atoms with Crippen molar-refractivity contribution in [2.75, 3.05) is 110 Å². The van der Waals surface area contributed by atoms with Crippen LogP contribution >= 0.6 is 0 Å². The first kappa shape index (κ1) is 25.7. The maximum absolute atomic E-state index is 5.75. The lowest BCUT2D eigenvalue weighted by molar-refractivity contribution is 0.0903. The van der Waals surface area contributed by atoms with Crippen molar-refractivity contribution in [3.05, 3.63) is 0 Å². The van der Waals surface area contributed by atoms with Crippen LogP contribution in [-0.4, -0.2) is 122 Å². The van der Waals surface area contributed by atoms with Crippen LogP contribution in [0.5, 0.6) is 0 Å². The van der Waals surface area contributed by atoms with E-state index >= 15 is 0 Å². The van der Waals surface area contributed by atoms with E-state index in [1.54, 1.807) is 43.1 Å². The van der Waals surface area contributed by atoms with Gasteiger partial charge in [0.15, 0.2) is 0 Å². The summed E-state index contributed by atoms with van der Waals surface area (Å²) in [7, 11) is 6.35. The number of nitrogens with zero attached hydrogens (tertiary/aromatic N) is 6. The van der Waals surface area contributed by atoms with E-state index in [4.69, 9.17) is 37.9 Å². The van der Waals surface area contributed by atoms with Crippen molar-refractivity contribution in [3.8, 4) is 0 Å². The molecule has 2 saturated heterocycles. The van der Waals surface area contributed by atoms with Gasteiger partial charge < -0.3 is 37.9 Å². The number of epoxide rings is 2. The Hall–Kier alpha value is -1.91. The predicted molar refractivity (Wildman–Crippen MR) is 116 cm³/mol. The molecule has 2 atom stereocenters. The predicted octanol–water partition coefficient (Wildman–Crippen LogP) is -0.548. The third-order valence-electron chi connectivity index (χ3n) is 4.49. The highest BCUT2D eigenvalue weighted by atomic mass is 16.6. The molecule has 188 valence electrons. The minimum absolute atomic E-state index is 0.141. The quantitative estimate of drug-likeness (QED) is 0.188. The van der Waals surface area contributed by atoms with E-state index in [0.29, 0.717) is 44.3 Å². The SMILES string of the molecule is COCN(COC)c1nc(N(COC)COCC2CO2)nc(N(COC)COCC2CO2)n1. The average molecular weight is 475 g/mol. The number of ether oxygens (including phenoxy) is 8. The topological polar surface area (TPSA) is 129 Å². The third-order valence-corrected chi connectivity index (χ3v) is 4.49. The second kappa shape index (κ2) is 13.7. The Kier molecular flexibility index (Phi) is 10.7. The Morgan fingerprint density at radius 1 is 0.606 bits per heavy atom. The summed E-state index contributed by atoms with van der Waals surface area (Å²) in [4.78, 5) is 19.1. The Morgan fingerprint density at radius 2 is 0.909 bits per heavy atom. The number of anilines is 3. The Morgan fingerprint density at radius 3 is 1.18 bits per heavy atom. The summed E-state index contributed by atoms with van der Waals surface area (Å²) in [6.45, 7) is 3.68. The Bertz CT molecular complexity index is 644. The summed E-state index contributed by atoms with van der Waals surface area (Å²) in [5.41, 5.74) is 0. The van der Waals surface area contributed by atoms with Crippen LogP contribution in [0.1, 0.15) is 0 Å². The Labute approximate surface area is 193 Å². The van der Waals surface area contributed by atoms with Gasteiger partial charge in [-0.1, -0.05) is 0 Å². The minimum Gasteiger partial charge on any atom is -0.371 e. The molecule has 14 nitrogen and oxygen atoms in total. The molecule has 0 amide bonds. The number of hydrogen-bond donors (Lipinski definition) is 0. The molecule has 2 aliphatic rings. The zero-order valence-corrected chi connectivity index (χ0v) is 19.7. The molecular weight excluding hydrogens is 440 g/mol. The summed E-state index contributed by atoms with van der Waals surface area (Å²) in [6.07, 6.45) is 0.283. The summed E-state index contributed by atoms with van der Waals surface area (Å²) in [5, 5.41) is 0. The van der Waals surface area contributed by atoms with Gasteiger partial charge in [0.2, 0.25) is 17.8 Å². The van der Waals surface area contributed by atoms with Crippen molar-refractivity contribution in [1.82, 2.24) is 15.0 Å². The summed E-state index contributed by atoms with van der Waals surface area (Å²) >= 11 is 0. The van der Waals surface area contributed by atoms with Crippen molar-refractivity contribution in [3.63, 3.8) is 0 Å². The fourth-order valence-corrected chi connectivity index (χ4v) is 2.77. The van der Waals surface area contributed by atoms with Crippen molar-refractivity contribution in [2.45, 2.75) is 12.2 Å². The third kappa shape index (κ3) is 8.75. The van der Waals surface area contributed by atoms with Crippen LogP contribution < -0.4 is 14.7 Å². The molecule has 3 rings (SSSR count). The standard InChI is InChI=1S/C19H34N6O8/c1-26-9-23(10-27-2)17-20-18(24(11-28-3)13-30-5-15-7-32-15)22-19(21-17)25(12-29-4)14-31-6-16-8-33-16/h15-16H,5-14H2,1-4H3. The van der Waals surface area contributed by atoms with Gasteiger partial charge in [-0.25, -0.2) is 0 Å². The summed E-state index contributed by atoms with van der Waals surface area (Å²) in [6, 6.07) is 0. The maximum atomic E-state index is 5.75. The fraction of sp³-hybridized carbons (Fsp3) is 0.842. The highest BCUT2D eigenvalue weighted by molar-refractivity contribution is 5.45. The fourth-order valence-electron chi connectivity index (χ4n) is 2.77. The average Bonchev–Trinajstić information content (AvgIpc) is 3.73. The van der Waals surface area contributed by atoms with E-state index in [1.165, 1.54) is 0 Å². The molecule has 33 heavy (non-hydrogen) atoms. The van der Waals surface area contributed by atoms with Crippen LogP contribution in [0.4, 0.5) is 17.8 Å². The lowest BCUT2D eigenvalue weighted by atomic mass is 10.5. The molecule has 0 spiro atoms. The zero-order valence-electron chi connectivity index (χ0n) is 19.7. The molecule has 0 saturated carbocycles. The molecule has 2 fully saturated rings. The van der Waals surface area contributed by atoms with Crippen molar-refractivity contribution >= 4 is 17.8 Å². The first-order valence-corrected chi connectivity index (χ1v) is 10.5. The van der Waals surface area contributed by atoms with Crippen LogP contribution in [0.3, 0.4) is 0 Å². The molecule has 14 heteroatoms. The van der Waals surface area contributed by atoms with Crippen molar-refractivity contribution < 1.29 is 37.9 Å². The maximum Gasteiger partial charge on any atom is 0.235 e. The van der Waals surface area contributed by atoms with Crippen molar-refractivity contribution in [2.24, 2.45) is 0 Å². The molecule has 0 aromatic carbocycles. The van der Waals surface area contributed by atoms with Gasteiger partial charge in [-0.15, -0.1) is 0 Å². The first-order chi connectivity index (χ1) is 16.2. The molecule has 1 aromatic heterocycles. The number of hydrogen-bond acceptors (Lipinski definition) is 14. The molecule has 3 heterocycles. The van der Waals surface area contributed by atoms with Gasteiger partial charge in [-0.2, -0.15) is 15.0 Å². The normalized spacial score (nSPS) is 18.9. The highest BCUT2D eigenvalue weighted by Gasteiger charge is 2.25. The largest absolute Gasteiger partial charge is 0.371 e.